The Morgan fingerprint density at radius 2 is 2.36 bits per heavy atom. The average molecular weight is 321 g/mol. The molecule has 0 radical (unpaired) electrons. The molecular weight excluding hydrogens is 302 g/mol. The lowest BCUT2D eigenvalue weighted by molar-refractivity contribution is -0.116. The van der Waals surface area contributed by atoms with Crippen molar-refractivity contribution < 1.29 is 4.79 Å². The van der Waals surface area contributed by atoms with E-state index in [0.717, 1.165) is 12.3 Å². The van der Waals surface area contributed by atoms with Crippen molar-refractivity contribution in [2.75, 3.05) is 43.1 Å². The number of nitrogens with one attached hydrogen (secondary N) is 2. The lowest BCUT2D eigenvalue weighted by Crippen LogP contribution is -2.34. The van der Waals surface area contributed by atoms with E-state index in [2.05, 4.69) is 32.3 Å². The van der Waals surface area contributed by atoms with Crippen molar-refractivity contribution in [1.82, 2.24) is 20.6 Å². The third kappa shape index (κ3) is 3.74. The topological polar surface area (TPSA) is 109 Å². The molecule has 4 N–H and O–H groups in total. The number of nitrogens with two attached hydrogens (primary N) is 1. The molecule has 8 nitrogen and oxygen atoms in total. The van der Waals surface area contributed by atoms with Gasteiger partial charge >= 0.3 is 0 Å². The molecule has 1 aliphatic rings. The van der Waals surface area contributed by atoms with E-state index >= 15 is 0 Å². The van der Waals surface area contributed by atoms with Crippen molar-refractivity contribution in [2.45, 2.75) is 0 Å². The van der Waals surface area contributed by atoms with Gasteiger partial charge in [0.2, 0.25) is 0 Å². The van der Waals surface area contributed by atoms with Gasteiger partial charge in [0, 0.05) is 31.6 Å². The van der Waals surface area contributed by atoms with Crippen LogP contribution < -0.4 is 21.3 Å². The Morgan fingerprint density at radius 1 is 1.55 bits per heavy atom. The summed E-state index contributed by atoms with van der Waals surface area (Å²) in [5.41, 5.74) is 6.36. The summed E-state index contributed by atoms with van der Waals surface area (Å²) in [6.45, 7) is 5.44. The van der Waals surface area contributed by atoms with Crippen LogP contribution in [0.4, 0.5) is 17.3 Å². The van der Waals surface area contributed by atoms with Crippen LogP contribution in [-0.4, -0.2) is 55.0 Å². The number of thioether (sulfide) groups is 1. The molecule has 1 aromatic heterocycles. The second-order valence-electron chi connectivity index (χ2n) is 4.49. The van der Waals surface area contributed by atoms with E-state index in [1.807, 2.05) is 11.9 Å². The van der Waals surface area contributed by atoms with E-state index in [9.17, 15) is 4.79 Å². The number of carbonyl (C=O) groups excluding carboxylic acids is 1. The zero-order valence-corrected chi connectivity index (χ0v) is 13.2. The summed E-state index contributed by atoms with van der Waals surface area (Å²) in [4.78, 5) is 26.5. The first-order valence-corrected chi connectivity index (χ1v) is 7.77. The maximum atomic E-state index is 12.1. The molecule has 0 saturated heterocycles. The summed E-state index contributed by atoms with van der Waals surface area (Å²) >= 11 is 1.51. The molecule has 1 amide bonds. The predicted molar refractivity (Wildman–Crippen MR) is 90.5 cm³/mol. The van der Waals surface area contributed by atoms with Crippen molar-refractivity contribution in [1.29, 1.82) is 0 Å². The van der Waals surface area contributed by atoms with Gasteiger partial charge in [0.25, 0.3) is 5.91 Å². The molecule has 2 rings (SSSR count). The number of nitrogens with zero attached hydrogens (tertiary/aromatic N) is 4. The second-order valence-corrected chi connectivity index (χ2v) is 5.62. The van der Waals surface area contributed by atoms with Crippen molar-refractivity contribution >= 4 is 41.7 Å². The van der Waals surface area contributed by atoms with E-state index in [4.69, 9.17) is 5.73 Å². The summed E-state index contributed by atoms with van der Waals surface area (Å²) in [7, 11) is 1.84. The first-order chi connectivity index (χ1) is 10.7. The predicted octanol–water partition coefficient (Wildman–Crippen LogP) is 0.121. The Bertz CT molecular complexity index is 590. The molecule has 1 aromatic rings. The smallest absolute Gasteiger partial charge is 0.259 e. The molecule has 0 atom stereocenters. The number of aliphatic imine (C=N–C) groups is 1. The van der Waals surface area contributed by atoms with Gasteiger partial charge in [-0.2, -0.15) is 0 Å². The number of aromatic nitrogens is 2. The van der Waals surface area contributed by atoms with Gasteiger partial charge in [0.05, 0.1) is 4.91 Å². The third-order valence-electron chi connectivity index (χ3n) is 3.01. The number of carbonyl (C=O) groups is 1. The number of hydrogen-bond donors (Lipinski definition) is 3. The number of nitrogen functional groups attached to an aromatic ring is 1. The Morgan fingerprint density at radius 3 is 3.09 bits per heavy atom. The lowest BCUT2D eigenvalue weighted by Gasteiger charge is -2.26. The van der Waals surface area contributed by atoms with Crippen molar-refractivity contribution in [2.24, 2.45) is 4.99 Å². The summed E-state index contributed by atoms with van der Waals surface area (Å²) < 4.78 is 0. The summed E-state index contributed by atoms with van der Waals surface area (Å²) in [5.74, 6) is 1.56. The summed E-state index contributed by atoms with van der Waals surface area (Å²) in [6, 6.07) is 0. The maximum Gasteiger partial charge on any atom is 0.259 e. The van der Waals surface area contributed by atoms with Crippen LogP contribution in [0.2, 0.25) is 0 Å². The molecular formula is C13H19N7OS. The highest BCUT2D eigenvalue weighted by Gasteiger charge is 2.21. The maximum absolute atomic E-state index is 12.1. The van der Waals surface area contributed by atoms with Crippen LogP contribution in [0.15, 0.2) is 22.4 Å². The number of hydrogen-bond acceptors (Lipinski definition) is 8. The normalized spacial score (nSPS) is 14.4. The number of likely N-dealkylation sites (N-methyl/N-ethyl adjacent to an activating group) is 1. The van der Waals surface area contributed by atoms with Gasteiger partial charge in [0.1, 0.15) is 12.0 Å². The monoisotopic (exact) mass is 321 g/mol. The number of rotatable bonds is 6. The van der Waals surface area contributed by atoms with Crippen LogP contribution in [0.1, 0.15) is 0 Å². The molecule has 9 heteroatoms. The SMILES string of the molecule is C=Nc1ncnc(N2C=C(C(=O)NCCNC)SCC2)c1N. The van der Waals surface area contributed by atoms with Crippen LogP contribution in [0, 0.1) is 0 Å². The Hall–Kier alpha value is -2.13. The van der Waals surface area contributed by atoms with Gasteiger partial charge in [-0.05, 0) is 13.8 Å². The molecule has 118 valence electrons. The fourth-order valence-corrected chi connectivity index (χ4v) is 2.82. The number of amides is 1. The highest BCUT2D eigenvalue weighted by Crippen LogP contribution is 2.31. The minimum atomic E-state index is -0.0975. The second kappa shape index (κ2) is 7.76. The van der Waals surface area contributed by atoms with Gasteiger partial charge in [-0.1, -0.05) is 0 Å². The fraction of sp³-hybridized carbons (Fsp3) is 0.385. The molecule has 0 fully saturated rings. The molecule has 0 aromatic carbocycles. The highest BCUT2D eigenvalue weighted by molar-refractivity contribution is 8.04. The zero-order chi connectivity index (χ0) is 15.9. The van der Waals surface area contributed by atoms with Crippen LogP contribution in [0.25, 0.3) is 0 Å². The molecule has 0 aliphatic carbocycles. The van der Waals surface area contributed by atoms with Gasteiger partial charge in [-0.15, -0.1) is 11.8 Å². The molecule has 22 heavy (non-hydrogen) atoms. The first kappa shape index (κ1) is 16.2. The summed E-state index contributed by atoms with van der Waals surface area (Å²) in [6.07, 6.45) is 3.15. The van der Waals surface area contributed by atoms with E-state index in [1.165, 1.54) is 18.1 Å². The minimum absolute atomic E-state index is 0.0975. The fourth-order valence-electron chi connectivity index (χ4n) is 1.91. The quantitative estimate of drug-likeness (QED) is 0.504. The standard InChI is InChI=1S/C13H19N7OS/c1-15-3-4-17-13(21)9-7-20(5-6-22-9)12-10(14)11(16-2)18-8-19-12/h7-8,15H,2-6,14H2,1H3,(H,17,21). The van der Waals surface area contributed by atoms with Gasteiger partial charge in [-0.3, -0.25) is 4.79 Å². The van der Waals surface area contributed by atoms with E-state index < -0.39 is 0 Å². The van der Waals surface area contributed by atoms with Crippen molar-refractivity contribution in [3.8, 4) is 0 Å². The van der Waals surface area contributed by atoms with E-state index in [0.29, 0.717) is 35.3 Å². The van der Waals surface area contributed by atoms with Crippen molar-refractivity contribution in [3.63, 3.8) is 0 Å². The molecule has 0 unspecified atom stereocenters. The average Bonchev–Trinajstić information content (AvgIpc) is 2.55. The molecule has 0 bridgehead atoms. The molecule has 2 heterocycles. The van der Waals surface area contributed by atoms with Crippen molar-refractivity contribution in [3.05, 3.63) is 17.4 Å². The Kier molecular flexibility index (Phi) is 5.73. The highest BCUT2D eigenvalue weighted by atomic mass is 32.2. The van der Waals surface area contributed by atoms with E-state index in [1.54, 1.807) is 6.20 Å². The third-order valence-corrected chi connectivity index (χ3v) is 4.00. The van der Waals surface area contributed by atoms with Gasteiger partial charge < -0.3 is 21.3 Å². The van der Waals surface area contributed by atoms with Crippen LogP contribution in [0.3, 0.4) is 0 Å². The van der Waals surface area contributed by atoms with Gasteiger partial charge in [-0.25, -0.2) is 15.0 Å². The minimum Gasteiger partial charge on any atom is -0.393 e. The molecule has 0 saturated carbocycles. The summed E-state index contributed by atoms with van der Waals surface area (Å²) in [5, 5.41) is 5.83. The van der Waals surface area contributed by atoms with Crippen LogP contribution in [-0.2, 0) is 4.79 Å². The Balaban J connectivity index is 2.17. The van der Waals surface area contributed by atoms with Gasteiger partial charge in [0.15, 0.2) is 11.6 Å². The van der Waals surface area contributed by atoms with Crippen LogP contribution >= 0.6 is 11.8 Å². The zero-order valence-electron chi connectivity index (χ0n) is 12.4. The molecule has 1 aliphatic heterocycles. The van der Waals surface area contributed by atoms with Crippen LogP contribution in [0.5, 0.6) is 0 Å². The largest absolute Gasteiger partial charge is 0.393 e. The lowest BCUT2D eigenvalue weighted by atomic mass is 10.3. The molecule has 0 spiro atoms. The number of anilines is 2. The Labute approximate surface area is 133 Å². The first-order valence-electron chi connectivity index (χ1n) is 6.78. The van der Waals surface area contributed by atoms with E-state index in [-0.39, 0.29) is 5.91 Å².